The monoisotopic (exact) mass is 650 g/mol. The van der Waals surface area contributed by atoms with Crippen LogP contribution in [0, 0.1) is 0 Å². The van der Waals surface area contributed by atoms with E-state index in [1.54, 1.807) is 0 Å². The van der Waals surface area contributed by atoms with Crippen LogP contribution in [0.1, 0.15) is 59.2 Å². The molecule has 0 saturated heterocycles. The van der Waals surface area contributed by atoms with Gasteiger partial charge < -0.3 is 26.8 Å². The second-order valence-electron chi connectivity index (χ2n) is 11.3. The van der Waals surface area contributed by atoms with E-state index in [4.69, 9.17) is 39.8 Å². The Labute approximate surface area is 271 Å². The van der Waals surface area contributed by atoms with Gasteiger partial charge in [-0.2, -0.15) is 5.21 Å². The van der Waals surface area contributed by atoms with Crippen molar-refractivity contribution in [1.29, 1.82) is 0 Å². The molecule has 45 heavy (non-hydrogen) atoms. The second-order valence-corrected chi connectivity index (χ2v) is 12.1. The number of aliphatic carboxylic acids is 1. The molecule has 6 rings (SSSR count). The third-order valence-electron chi connectivity index (χ3n) is 8.12. The summed E-state index contributed by atoms with van der Waals surface area (Å²) in [6.07, 6.45) is 4.88. The van der Waals surface area contributed by atoms with Crippen LogP contribution in [0.5, 0.6) is 0 Å². The van der Waals surface area contributed by atoms with Crippen molar-refractivity contribution in [1.82, 2.24) is 25.9 Å². The number of hydrogen-bond acceptors (Lipinski definition) is 8. The molecule has 1 amide bonds. The molecule has 0 spiro atoms. The lowest BCUT2D eigenvalue weighted by Crippen LogP contribution is -2.35. The topological polar surface area (TPSA) is 176 Å². The number of fused-ring (bicyclic) bond motifs is 1. The number of halogens is 2. The predicted molar refractivity (Wildman–Crippen MR) is 174 cm³/mol. The van der Waals surface area contributed by atoms with Crippen LogP contribution in [-0.2, 0) is 23.3 Å². The maximum Gasteiger partial charge on any atom is 0.320 e. The number of amides is 1. The van der Waals surface area contributed by atoms with E-state index in [2.05, 4.69) is 36.9 Å². The van der Waals surface area contributed by atoms with Crippen LogP contribution in [0.15, 0.2) is 60.7 Å². The first-order chi connectivity index (χ1) is 21.7. The van der Waals surface area contributed by atoms with Crippen LogP contribution in [-0.4, -0.2) is 56.7 Å². The average molecular weight is 652 g/mol. The number of benzene rings is 3. The van der Waals surface area contributed by atoms with E-state index in [9.17, 15) is 9.59 Å². The number of carboxylic acids is 1. The number of H-pyrrole nitrogens is 1. The van der Waals surface area contributed by atoms with E-state index in [0.717, 1.165) is 61.0 Å². The Morgan fingerprint density at radius 1 is 1.07 bits per heavy atom. The number of nitrogens with two attached hydrogens (primary N) is 2. The fraction of sp³-hybridized carbons (Fsp3) is 0.344. The van der Waals surface area contributed by atoms with Gasteiger partial charge in [-0.05, 0) is 78.8 Å². The minimum absolute atomic E-state index is 0.0531. The van der Waals surface area contributed by atoms with Gasteiger partial charge in [0.1, 0.15) is 6.04 Å². The van der Waals surface area contributed by atoms with Crippen molar-refractivity contribution in [3.05, 3.63) is 93.0 Å². The van der Waals surface area contributed by atoms with Crippen LogP contribution >= 0.6 is 23.2 Å². The lowest BCUT2D eigenvalue weighted by Gasteiger charge is -2.24. The largest absolute Gasteiger partial charge is 0.480 e. The molecule has 1 fully saturated rings. The zero-order chi connectivity index (χ0) is 32.0. The number of rotatable bonds is 11. The summed E-state index contributed by atoms with van der Waals surface area (Å²) >= 11 is 12.3. The molecule has 13 heteroatoms. The van der Waals surface area contributed by atoms with Crippen molar-refractivity contribution >= 4 is 40.8 Å². The Morgan fingerprint density at radius 3 is 2.49 bits per heavy atom. The van der Waals surface area contributed by atoms with Gasteiger partial charge in [-0.1, -0.05) is 72.1 Å². The molecule has 1 atom stereocenters. The van der Waals surface area contributed by atoms with Gasteiger partial charge in [0.05, 0.1) is 26.8 Å². The highest BCUT2D eigenvalue weighted by atomic mass is 35.5. The van der Waals surface area contributed by atoms with Gasteiger partial charge >= 0.3 is 5.97 Å². The number of unbranched alkanes of at least 4 members (excludes halogenated alkanes) is 1. The zero-order valence-corrected chi connectivity index (χ0v) is 26.2. The normalized spacial score (nSPS) is 15.1. The smallest absolute Gasteiger partial charge is 0.320 e. The van der Waals surface area contributed by atoms with Crippen molar-refractivity contribution in [2.24, 2.45) is 11.5 Å². The van der Waals surface area contributed by atoms with Crippen LogP contribution in [0.3, 0.4) is 0 Å². The van der Waals surface area contributed by atoms with E-state index in [0.29, 0.717) is 40.9 Å². The van der Waals surface area contributed by atoms with Crippen molar-refractivity contribution < 1.29 is 14.7 Å². The number of aromatic amines is 1. The SMILES string of the molecule is NCCCC[C@H](N)C(=O)O.O=C(NC1(c2ccc(-c3nn[nH]n3)cc2)CC1)c1cccc2c1N(Cc1ccc(Cl)c(Cl)c1)CC2. The number of aromatic nitrogens is 4. The molecular formula is C32H36Cl2N8O3. The van der Waals surface area contributed by atoms with Gasteiger partial charge in [0, 0.05) is 18.7 Å². The highest BCUT2D eigenvalue weighted by Crippen LogP contribution is 2.46. The van der Waals surface area contributed by atoms with Gasteiger partial charge in [-0.25, -0.2) is 0 Å². The minimum Gasteiger partial charge on any atom is -0.480 e. The van der Waals surface area contributed by atoms with E-state index >= 15 is 0 Å². The molecule has 236 valence electrons. The number of tetrazole rings is 1. The molecule has 0 bridgehead atoms. The van der Waals surface area contributed by atoms with Crippen molar-refractivity contribution in [3.63, 3.8) is 0 Å². The fourth-order valence-corrected chi connectivity index (χ4v) is 5.80. The number of anilines is 1. The van der Waals surface area contributed by atoms with E-state index < -0.39 is 12.0 Å². The number of carbonyl (C=O) groups excluding carboxylic acids is 1. The predicted octanol–water partition coefficient (Wildman–Crippen LogP) is 4.68. The van der Waals surface area contributed by atoms with Gasteiger partial charge in [-0.15, -0.1) is 10.2 Å². The average Bonchev–Trinajstić information content (AvgIpc) is 3.41. The fourth-order valence-electron chi connectivity index (χ4n) is 5.48. The number of nitrogens with zero attached hydrogens (tertiary/aromatic N) is 4. The Bertz CT molecular complexity index is 1630. The van der Waals surface area contributed by atoms with Gasteiger partial charge in [0.2, 0.25) is 5.82 Å². The highest BCUT2D eigenvalue weighted by Gasteiger charge is 2.46. The summed E-state index contributed by atoms with van der Waals surface area (Å²) in [6.45, 7) is 2.12. The van der Waals surface area contributed by atoms with Crippen LogP contribution in [0.4, 0.5) is 5.69 Å². The third kappa shape index (κ3) is 7.80. The molecule has 3 aromatic carbocycles. The molecule has 1 aromatic heterocycles. The van der Waals surface area contributed by atoms with E-state index in [1.807, 2.05) is 54.6 Å². The first-order valence-electron chi connectivity index (χ1n) is 14.9. The Balaban J connectivity index is 0.000000348. The summed E-state index contributed by atoms with van der Waals surface area (Å²) in [4.78, 5) is 26.0. The van der Waals surface area contributed by atoms with Gasteiger partial charge in [0.25, 0.3) is 5.91 Å². The summed E-state index contributed by atoms with van der Waals surface area (Å²) < 4.78 is 0. The summed E-state index contributed by atoms with van der Waals surface area (Å²) in [6, 6.07) is 18.9. The molecule has 7 N–H and O–H groups in total. The van der Waals surface area contributed by atoms with E-state index in [-0.39, 0.29) is 11.4 Å². The molecule has 1 aliphatic carbocycles. The Kier molecular flexibility index (Phi) is 10.3. The van der Waals surface area contributed by atoms with Gasteiger partial charge in [0.15, 0.2) is 0 Å². The molecule has 2 aliphatic rings. The van der Waals surface area contributed by atoms with Crippen molar-refractivity contribution in [2.45, 2.75) is 56.7 Å². The summed E-state index contributed by atoms with van der Waals surface area (Å²) in [5.74, 6) is -0.438. The molecule has 1 aliphatic heterocycles. The number of hydrogen-bond donors (Lipinski definition) is 5. The van der Waals surface area contributed by atoms with Crippen LogP contribution < -0.4 is 21.7 Å². The number of para-hydroxylation sites is 1. The number of carboxylic acid groups (broad SMARTS) is 1. The first-order valence-corrected chi connectivity index (χ1v) is 15.6. The lowest BCUT2D eigenvalue weighted by molar-refractivity contribution is -0.138. The standard InChI is InChI=1S/C26H22Cl2N6O.C6H14N2O2/c27-21-9-4-16(14-22(21)28)15-34-13-10-17-2-1-3-20(23(17)34)25(35)29-26(11-12-26)19-7-5-18(6-8-19)24-30-32-33-31-24;7-4-2-1-3-5(8)6(9)10/h1-9,14H,10-13,15H2,(H,29,35)(H,30,31,32,33);5H,1-4,7-8H2,(H,9,10)/t;5-/m.0/s1. The van der Waals surface area contributed by atoms with Gasteiger partial charge in [-0.3, -0.25) is 9.59 Å². The maximum atomic E-state index is 13.6. The van der Waals surface area contributed by atoms with E-state index in [1.165, 1.54) is 5.56 Å². The molecule has 11 nitrogen and oxygen atoms in total. The number of nitrogens with one attached hydrogen (secondary N) is 2. The summed E-state index contributed by atoms with van der Waals surface area (Å²) in [5, 5.41) is 26.9. The summed E-state index contributed by atoms with van der Waals surface area (Å²) in [7, 11) is 0. The molecule has 0 radical (unpaired) electrons. The molecule has 1 saturated carbocycles. The minimum atomic E-state index is -0.933. The van der Waals surface area contributed by atoms with Crippen molar-refractivity contribution in [3.8, 4) is 11.4 Å². The Hall–Kier alpha value is -4.03. The summed E-state index contributed by atoms with van der Waals surface area (Å²) in [5.41, 5.74) is 16.0. The maximum absolute atomic E-state index is 13.6. The van der Waals surface area contributed by atoms with Crippen molar-refractivity contribution in [2.75, 3.05) is 18.0 Å². The Morgan fingerprint density at radius 2 is 1.84 bits per heavy atom. The third-order valence-corrected chi connectivity index (χ3v) is 8.86. The molecule has 0 unspecified atom stereocenters. The lowest BCUT2D eigenvalue weighted by atomic mass is 10.0. The van der Waals surface area contributed by atoms with Crippen LogP contribution in [0.2, 0.25) is 10.0 Å². The second kappa shape index (κ2) is 14.4. The molecule has 2 heterocycles. The number of carbonyl (C=O) groups is 2. The molecule has 4 aromatic rings. The molecular weight excluding hydrogens is 615 g/mol. The van der Waals surface area contributed by atoms with Crippen LogP contribution in [0.25, 0.3) is 11.4 Å². The first kappa shape index (κ1) is 32.4. The zero-order valence-electron chi connectivity index (χ0n) is 24.7. The highest BCUT2D eigenvalue weighted by molar-refractivity contribution is 6.42. The quantitative estimate of drug-likeness (QED) is 0.144.